The van der Waals surface area contributed by atoms with Crippen LogP contribution in [0.15, 0.2) is 30.3 Å². The van der Waals surface area contributed by atoms with Crippen LogP contribution >= 0.6 is 0 Å². The van der Waals surface area contributed by atoms with E-state index in [1.807, 2.05) is 0 Å². The highest BCUT2D eigenvalue weighted by Crippen LogP contribution is 2.00. The fourth-order valence-corrected chi connectivity index (χ4v) is 0.981. The van der Waals surface area contributed by atoms with Crippen molar-refractivity contribution >= 4 is 18.6 Å². The van der Waals surface area contributed by atoms with Crippen molar-refractivity contribution in [3.63, 3.8) is 0 Å². The molecule has 0 radical (unpaired) electrons. The quantitative estimate of drug-likeness (QED) is 0.502. The number of carbonyl (C=O) groups is 3. The number of imide groups is 1. The summed E-state index contributed by atoms with van der Waals surface area (Å²) in [6.07, 6.45) is 0.654. The number of rotatable bonds is 5. The van der Waals surface area contributed by atoms with Gasteiger partial charge >= 0.3 is 0 Å². The van der Waals surface area contributed by atoms with Crippen LogP contribution in [0.2, 0.25) is 0 Å². The van der Waals surface area contributed by atoms with Gasteiger partial charge in [0.15, 0.2) is 5.78 Å². The molecule has 0 saturated heterocycles. The van der Waals surface area contributed by atoms with E-state index >= 15 is 0 Å². The average molecular weight is 191 g/mol. The highest BCUT2D eigenvalue weighted by molar-refractivity contribution is 5.99. The van der Waals surface area contributed by atoms with Gasteiger partial charge in [0.25, 0.3) is 0 Å². The van der Waals surface area contributed by atoms with E-state index in [1.165, 1.54) is 0 Å². The Kier molecular flexibility index (Phi) is 3.55. The normalized spacial score (nSPS) is 9.14. The number of hydrogen-bond acceptors (Lipinski definition) is 3. The third-order valence-electron chi connectivity index (χ3n) is 1.69. The van der Waals surface area contributed by atoms with Crippen LogP contribution in [-0.4, -0.2) is 30.0 Å². The van der Waals surface area contributed by atoms with Crippen LogP contribution in [-0.2, 0) is 9.59 Å². The Morgan fingerprint density at radius 2 is 1.71 bits per heavy atom. The van der Waals surface area contributed by atoms with Crippen molar-refractivity contribution in [3.05, 3.63) is 35.9 Å². The van der Waals surface area contributed by atoms with Crippen LogP contribution in [0.4, 0.5) is 0 Å². The SMILES string of the molecule is O=CN(C=O)CC(=O)c1ccccc1. The number of amides is 2. The molecule has 0 heterocycles. The third kappa shape index (κ3) is 2.52. The van der Waals surface area contributed by atoms with Gasteiger partial charge in [-0.15, -0.1) is 0 Å². The zero-order valence-electron chi connectivity index (χ0n) is 7.42. The third-order valence-corrected chi connectivity index (χ3v) is 1.69. The van der Waals surface area contributed by atoms with Gasteiger partial charge in [0.05, 0.1) is 6.54 Å². The summed E-state index contributed by atoms with van der Waals surface area (Å²) in [5.41, 5.74) is 0.487. The van der Waals surface area contributed by atoms with Crippen molar-refractivity contribution in [1.82, 2.24) is 4.90 Å². The van der Waals surface area contributed by atoms with Crippen molar-refractivity contribution in [1.29, 1.82) is 0 Å². The number of hydrogen-bond donors (Lipinski definition) is 0. The van der Waals surface area contributed by atoms with Gasteiger partial charge in [0, 0.05) is 5.56 Å². The second-order valence-corrected chi connectivity index (χ2v) is 2.67. The molecule has 1 rings (SSSR count). The summed E-state index contributed by atoms with van der Waals surface area (Å²) in [6, 6.07) is 8.50. The Balaban J connectivity index is 2.67. The van der Waals surface area contributed by atoms with E-state index in [2.05, 4.69) is 0 Å². The minimum absolute atomic E-state index is 0.211. The molecule has 0 aliphatic carbocycles. The van der Waals surface area contributed by atoms with E-state index in [0.717, 1.165) is 4.90 Å². The van der Waals surface area contributed by atoms with Gasteiger partial charge < -0.3 is 0 Å². The lowest BCUT2D eigenvalue weighted by Crippen LogP contribution is -2.27. The molecule has 0 fully saturated rings. The maximum absolute atomic E-state index is 11.4. The molecule has 0 aromatic heterocycles. The lowest BCUT2D eigenvalue weighted by atomic mass is 10.1. The summed E-state index contributed by atoms with van der Waals surface area (Å²) in [5.74, 6) is -0.259. The maximum atomic E-state index is 11.4. The summed E-state index contributed by atoms with van der Waals surface area (Å²) in [6.45, 7) is -0.211. The molecule has 0 N–H and O–H groups in total. The van der Waals surface area contributed by atoms with Crippen molar-refractivity contribution in [2.24, 2.45) is 0 Å². The Labute approximate surface area is 81.1 Å². The number of carbonyl (C=O) groups excluding carboxylic acids is 3. The fraction of sp³-hybridized carbons (Fsp3) is 0.100. The van der Waals surface area contributed by atoms with Crippen LogP contribution in [0.25, 0.3) is 0 Å². The van der Waals surface area contributed by atoms with Crippen molar-refractivity contribution in [2.45, 2.75) is 0 Å². The van der Waals surface area contributed by atoms with Gasteiger partial charge in [0.1, 0.15) is 0 Å². The van der Waals surface area contributed by atoms with Crippen LogP contribution in [0.5, 0.6) is 0 Å². The molecule has 2 amide bonds. The predicted octanol–water partition coefficient (Wildman–Crippen LogP) is 0.484. The summed E-state index contributed by atoms with van der Waals surface area (Å²) in [7, 11) is 0. The molecule has 0 aliphatic heterocycles. The van der Waals surface area contributed by atoms with Crippen LogP contribution in [0.3, 0.4) is 0 Å². The first-order chi connectivity index (χ1) is 6.77. The first-order valence-corrected chi connectivity index (χ1v) is 4.02. The molecular weight excluding hydrogens is 182 g/mol. The molecule has 4 nitrogen and oxygen atoms in total. The molecule has 0 saturated carbocycles. The Morgan fingerprint density at radius 1 is 1.14 bits per heavy atom. The maximum Gasteiger partial charge on any atom is 0.216 e. The van der Waals surface area contributed by atoms with Crippen molar-refractivity contribution in [2.75, 3.05) is 6.54 Å². The zero-order chi connectivity index (χ0) is 10.4. The van der Waals surface area contributed by atoms with E-state index in [4.69, 9.17) is 0 Å². The molecule has 1 aromatic rings. The summed E-state index contributed by atoms with van der Waals surface area (Å²) in [5, 5.41) is 0. The summed E-state index contributed by atoms with van der Waals surface area (Å²) in [4.78, 5) is 32.7. The monoisotopic (exact) mass is 191 g/mol. The first kappa shape index (κ1) is 10.1. The lowest BCUT2D eigenvalue weighted by Gasteiger charge is -2.06. The molecule has 0 atom stereocenters. The van der Waals surface area contributed by atoms with Gasteiger partial charge in [0.2, 0.25) is 12.8 Å². The molecule has 1 aromatic carbocycles. The second-order valence-electron chi connectivity index (χ2n) is 2.67. The zero-order valence-corrected chi connectivity index (χ0v) is 7.42. The number of ketones is 1. The van der Waals surface area contributed by atoms with E-state index < -0.39 is 0 Å². The van der Waals surface area contributed by atoms with Gasteiger partial charge in [-0.25, -0.2) is 0 Å². The Hall–Kier alpha value is -1.97. The van der Waals surface area contributed by atoms with E-state index in [9.17, 15) is 14.4 Å². The summed E-state index contributed by atoms with van der Waals surface area (Å²) >= 11 is 0. The van der Waals surface area contributed by atoms with Crippen molar-refractivity contribution < 1.29 is 14.4 Å². The number of Topliss-reactive ketones (excluding diaryl/α,β-unsaturated/α-hetero) is 1. The minimum Gasteiger partial charge on any atom is -0.292 e. The van der Waals surface area contributed by atoms with Crippen LogP contribution in [0, 0.1) is 0 Å². The van der Waals surface area contributed by atoms with Crippen LogP contribution in [0.1, 0.15) is 10.4 Å². The Morgan fingerprint density at radius 3 is 2.21 bits per heavy atom. The standard InChI is InChI=1S/C10H9NO3/c12-7-11(8-13)6-10(14)9-4-2-1-3-5-9/h1-5,7-8H,6H2. The highest BCUT2D eigenvalue weighted by atomic mass is 16.2. The average Bonchev–Trinajstić information content (AvgIpc) is 2.26. The van der Waals surface area contributed by atoms with Gasteiger partial charge in [-0.3, -0.25) is 19.3 Å². The molecule has 14 heavy (non-hydrogen) atoms. The first-order valence-electron chi connectivity index (χ1n) is 4.02. The van der Waals surface area contributed by atoms with E-state index in [1.54, 1.807) is 30.3 Å². The Bertz CT molecular complexity index is 326. The number of benzene rings is 1. The largest absolute Gasteiger partial charge is 0.292 e. The lowest BCUT2D eigenvalue weighted by molar-refractivity contribution is -0.128. The minimum atomic E-state index is -0.259. The molecule has 4 heteroatoms. The fourth-order valence-electron chi connectivity index (χ4n) is 0.981. The number of nitrogens with zero attached hydrogens (tertiary/aromatic N) is 1. The molecule has 0 bridgehead atoms. The highest BCUT2D eigenvalue weighted by Gasteiger charge is 2.09. The van der Waals surface area contributed by atoms with E-state index in [0.29, 0.717) is 18.4 Å². The molecule has 0 spiro atoms. The summed E-state index contributed by atoms with van der Waals surface area (Å²) < 4.78 is 0. The molecule has 0 unspecified atom stereocenters. The van der Waals surface area contributed by atoms with Gasteiger partial charge in [-0.05, 0) is 0 Å². The van der Waals surface area contributed by atoms with Gasteiger partial charge in [-0.2, -0.15) is 0 Å². The van der Waals surface area contributed by atoms with Crippen molar-refractivity contribution in [3.8, 4) is 0 Å². The topological polar surface area (TPSA) is 54.5 Å². The van der Waals surface area contributed by atoms with Gasteiger partial charge in [-0.1, -0.05) is 30.3 Å². The smallest absolute Gasteiger partial charge is 0.216 e. The van der Waals surface area contributed by atoms with Crippen LogP contribution < -0.4 is 0 Å². The molecule has 72 valence electrons. The second kappa shape index (κ2) is 4.91. The molecular formula is C10H9NO3. The van der Waals surface area contributed by atoms with E-state index in [-0.39, 0.29) is 12.3 Å². The predicted molar refractivity (Wildman–Crippen MR) is 49.6 cm³/mol. The molecule has 0 aliphatic rings.